The van der Waals surface area contributed by atoms with Crippen LogP contribution >= 0.6 is 0 Å². The highest BCUT2D eigenvalue weighted by Gasteiger charge is 2.65. The molecule has 426 valence electrons. The summed E-state index contributed by atoms with van der Waals surface area (Å²) in [5.41, 5.74) is -0.186. The summed E-state index contributed by atoms with van der Waals surface area (Å²) in [5, 5.41) is 87.8. The van der Waals surface area contributed by atoms with Crippen molar-refractivity contribution in [3.63, 3.8) is 0 Å². The number of aliphatic hydroxyl groups is 8. The highest BCUT2D eigenvalue weighted by Crippen LogP contribution is 2.43. The molecule has 4 aliphatic heterocycles. The quantitative estimate of drug-likeness (QED) is 0.0430. The van der Waals surface area contributed by atoms with Gasteiger partial charge in [0.1, 0.15) is 93.1 Å². The lowest BCUT2D eigenvalue weighted by atomic mass is 9.95. The summed E-state index contributed by atoms with van der Waals surface area (Å²) in [7, 11) is 0. The molecule has 19 atom stereocenters. The zero-order valence-electron chi connectivity index (χ0n) is 41.9. The van der Waals surface area contributed by atoms with E-state index in [2.05, 4.69) is 0 Å². The second-order valence-corrected chi connectivity index (χ2v) is 18.3. The van der Waals surface area contributed by atoms with Gasteiger partial charge in [0.15, 0.2) is 37.2 Å². The van der Waals surface area contributed by atoms with E-state index in [1.807, 2.05) is 0 Å². The van der Waals surface area contributed by atoms with Crippen molar-refractivity contribution in [1.82, 2.24) is 0 Å². The SMILES string of the molecule is CC(=O)OC[C@H]1O[C@@H](O[C@H]2[C@@H](O[C@]3(COC(=O)c4ccccc4)O[C@H](CO)[C@@H](OC(=O)c4ccccc4)[C@@H]3OC(=O)c3ccccc3)O[C@H](COC(C)=O)[C@@H](OC(C)=O)[C@@H]2O[C@H]2O[C@H](CO)[C@@H](O)[C@H](O)[C@H]2O)[C@H](O)[C@@H](O)[C@@H]1O. The van der Waals surface area contributed by atoms with Crippen LogP contribution in [0.1, 0.15) is 51.8 Å². The van der Waals surface area contributed by atoms with Gasteiger partial charge in [0, 0.05) is 20.8 Å². The Hall–Kier alpha value is -6.12. The predicted octanol–water partition coefficient (Wildman–Crippen LogP) is -2.44. The van der Waals surface area contributed by atoms with Crippen LogP contribution in [0.4, 0.5) is 0 Å². The van der Waals surface area contributed by atoms with Gasteiger partial charge in [-0.05, 0) is 36.4 Å². The van der Waals surface area contributed by atoms with Gasteiger partial charge in [0.05, 0.1) is 29.9 Å². The van der Waals surface area contributed by atoms with Gasteiger partial charge >= 0.3 is 35.8 Å². The third-order valence-corrected chi connectivity index (χ3v) is 12.7. The minimum absolute atomic E-state index is 0.0382. The number of rotatable bonds is 20. The first-order valence-corrected chi connectivity index (χ1v) is 24.4. The highest BCUT2D eigenvalue weighted by molar-refractivity contribution is 5.91. The molecule has 4 fully saturated rings. The summed E-state index contributed by atoms with van der Waals surface area (Å²) >= 11 is 0. The molecule has 3 aromatic rings. The molecule has 4 saturated heterocycles. The summed E-state index contributed by atoms with van der Waals surface area (Å²) in [6.45, 7) is -1.89. The molecular weight excluding hydrogens is 1040 g/mol. The first-order chi connectivity index (χ1) is 37.2. The second kappa shape index (κ2) is 26.7. The van der Waals surface area contributed by atoms with Crippen molar-refractivity contribution < 1.29 is 131 Å². The van der Waals surface area contributed by atoms with Crippen LogP contribution in [0.5, 0.6) is 0 Å². The van der Waals surface area contributed by atoms with Crippen LogP contribution in [0.2, 0.25) is 0 Å². The highest BCUT2D eigenvalue weighted by atomic mass is 16.8. The van der Waals surface area contributed by atoms with Gasteiger partial charge in [0.2, 0.25) is 5.79 Å². The monoisotopic (exact) mass is 1100 g/mol. The number of hydrogen-bond donors (Lipinski definition) is 8. The molecule has 4 heterocycles. The number of hydrogen-bond acceptors (Lipinski definition) is 27. The summed E-state index contributed by atoms with van der Waals surface area (Å²) in [5.74, 6) is -9.05. The Morgan fingerprint density at radius 2 is 0.897 bits per heavy atom. The number of carbonyl (C=O) groups is 6. The van der Waals surface area contributed by atoms with Gasteiger partial charge in [-0.25, -0.2) is 14.4 Å². The smallest absolute Gasteiger partial charge is 0.338 e. The molecular formula is C51H60O27. The van der Waals surface area contributed by atoms with Crippen LogP contribution < -0.4 is 0 Å². The number of esters is 6. The summed E-state index contributed by atoms with van der Waals surface area (Å²) < 4.78 is 77.7. The molecule has 0 aliphatic carbocycles. The van der Waals surface area contributed by atoms with E-state index in [0.29, 0.717) is 0 Å². The fourth-order valence-corrected chi connectivity index (χ4v) is 8.86. The molecule has 0 saturated carbocycles. The van der Waals surface area contributed by atoms with E-state index in [4.69, 9.17) is 61.6 Å². The van der Waals surface area contributed by atoms with E-state index in [1.54, 1.807) is 18.2 Å². The summed E-state index contributed by atoms with van der Waals surface area (Å²) in [6.07, 6.45) is -36.8. The van der Waals surface area contributed by atoms with Crippen LogP contribution in [-0.4, -0.2) is 226 Å². The Kier molecular flexibility index (Phi) is 20.4. The number of carbonyl (C=O) groups excluding carboxylic acids is 6. The fraction of sp³-hybridized carbons (Fsp3) is 0.529. The molecule has 8 N–H and O–H groups in total. The zero-order valence-corrected chi connectivity index (χ0v) is 41.9. The molecule has 0 radical (unpaired) electrons. The van der Waals surface area contributed by atoms with Crippen molar-refractivity contribution in [2.24, 2.45) is 0 Å². The third-order valence-electron chi connectivity index (χ3n) is 12.7. The number of benzene rings is 3. The summed E-state index contributed by atoms with van der Waals surface area (Å²) in [6, 6.07) is 22.0. The van der Waals surface area contributed by atoms with E-state index < -0.39 is 185 Å². The molecule has 78 heavy (non-hydrogen) atoms. The first kappa shape index (κ1) is 59.5. The Morgan fingerprint density at radius 1 is 0.449 bits per heavy atom. The molecule has 0 unspecified atom stereocenters. The van der Waals surface area contributed by atoms with Gasteiger partial charge in [0.25, 0.3) is 0 Å². The molecule has 4 aliphatic rings. The van der Waals surface area contributed by atoms with E-state index in [0.717, 1.165) is 20.8 Å². The molecule has 0 spiro atoms. The van der Waals surface area contributed by atoms with Crippen molar-refractivity contribution in [2.45, 2.75) is 137 Å². The van der Waals surface area contributed by atoms with Gasteiger partial charge in [-0.3, -0.25) is 14.4 Å². The standard InChI is InChI=1S/C51H60O27/c1-24(54)66-21-32-35(58)37(60)39(62)49(71-32)75-43-42(74-48-38(61)36(59)34(57)30(19-52)70-48)40(69-26(3)56)33(22-67-25(2)55)72-50(43)78-51(23-68-45(63)27-13-7-4-8-14-27)44(76-47(65)29-17-11-6-12-18-29)41(31(20-53)77-51)73-46(64)28-15-9-5-10-16-28/h4-18,30-44,48-50,52-53,57-62H,19-23H2,1-3H3/t30-,31-,32-,33-,34-,35-,36+,37+,38-,39-,40-,41-,42+,43-,44+,48-,49+,50-,51+/m1/s1. The summed E-state index contributed by atoms with van der Waals surface area (Å²) in [4.78, 5) is 79.6. The predicted molar refractivity (Wildman–Crippen MR) is 251 cm³/mol. The molecule has 0 bridgehead atoms. The maximum absolute atomic E-state index is 14.3. The van der Waals surface area contributed by atoms with Crippen molar-refractivity contribution in [2.75, 3.05) is 33.0 Å². The Bertz CT molecular complexity index is 2480. The van der Waals surface area contributed by atoms with Crippen molar-refractivity contribution in [3.8, 4) is 0 Å². The lowest BCUT2D eigenvalue weighted by Gasteiger charge is -2.50. The number of ether oxygens (including phenoxy) is 13. The van der Waals surface area contributed by atoms with Crippen molar-refractivity contribution in [3.05, 3.63) is 108 Å². The van der Waals surface area contributed by atoms with Crippen molar-refractivity contribution in [1.29, 1.82) is 0 Å². The van der Waals surface area contributed by atoms with Crippen LogP contribution in [0.3, 0.4) is 0 Å². The second-order valence-electron chi connectivity index (χ2n) is 18.3. The maximum atomic E-state index is 14.3. The van der Waals surface area contributed by atoms with E-state index in [9.17, 15) is 69.6 Å². The Balaban J connectivity index is 1.43. The van der Waals surface area contributed by atoms with Crippen LogP contribution in [0.25, 0.3) is 0 Å². The molecule has 27 nitrogen and oxygen atoms in total. The normalized spacial score (nSPS) is 34.7. The largest absolute Gasteiger partial charge is 0.463 e. The van der Waals surface area contributed by atoms with Crippen molar-refractivity contribution >= 4 is 35.8 Å². The lowest BCUT2D eigenvalue weighted by molar-refractivity contribution is -0.421. The van der Waals surface area contributed by atoms with Crippen LogP contribution in [-0.2, 0) is 76.0 Å². The zero-order chi connectivity index (χ0) is 56.4. The van der Waals surface area contributed by atoms with Crippen LogP contribution in [0.15, 0.2) is 91.0 Å². The first-order valence-electron chi connectivity index (χ1n) is 24.4. The minimum atomic E-state index is -2.91. The van der Waals surface area contributed by atoms with Gasteiger partial charge in [-0.2, -0.15) is 0 Å². The van der Waals surface area contributed by atoms with E-state index in [1.165, 1.54) is 72.8 Å². The number of aliphatic hydroxyl groups excluding tert-OH is 8. The maximum Gasteiger partial charge on any atom is 0.338 e. The Morgan fingerprint density at radius 3 is 1.40 bits per heavy atom. The van der Waals surface area contributed by atoms with E-state index in [-0.39, 0.29) is 16.7 Å². The topological polar surface area (TPSA) is 384 Å². The lowest BCUT2D eigenvalue weighted by Crippen LogP contribution is -2.69. The minimum Gasteiger partial charge on any atom is -0.463 e. The van der Waals surface area contributed by atoms with Gasteiger partial charge in [-0.1, -0.05) is 54.6 Å². The molecule has 7 rings (SSSR count). The molecule has 0 amide bonds. The Labute approximate surface area is 443 Å². The van der Waals surface area contributed by atoms with Crippen LogP contribution in [0, 0.1) is 0 Å². The molecule has 3 aromatic carbocycles. The van der Waals surface area contributed by atoms with Gasteiger partial charge in [-0.15, -0.1) is 0 Å². The molecule has 27 heteroatoms. The van der Waals surface area contributed by atoms with E-state index >= 15 is 0 Å². The third kappa shape index (κ3) is 14.0. The average molecular weight is 1110 g/mol. The average Bonchev–Trinajstić information content (AvgIpc) is 3.94. The van der Waals surface area contributed by atoms with Gasteiger partial charge < -0.3 is 102 Å². The fourth-order valence-electron chi connectivity index (χ4n) is 8.86. The molecule has 0 aromatic heterocycles.